The Morgan fingerprint density at radius 1 is 1.00 bits per heavy atom. The molecule has 0 saturated carbocycles. The van der Waals surface area contributed by atoms with E-state index in [0.29, 0.717) is 0 Å². The minimum absolute atomic E-state index is 1.49. The third-order valence-electron chi connectivity index (χ3n) is 1.01. The first-order valence-corrected chi connectivity index (χ1v) is 2.42. The summed E-state index contributed by atoms with van der Waals surface area (Å²) in [4.78, 5) is 9.35. The minimum atomic E-state index is -5.99. The summed E-state index contributed by atoms with van der Waals surface area (Å²) in [5, 5.41) is 15.7. The first-order valence-electron chi connectivity index (χ1n) is 2.42. The monoisotopic (exact) mass is 194 g/mol. The number of alkyl halides is 5. The molecule has 0 saturated heterocycles. The van der Waals surface area contributed by atoms with E-state index >= 15 is 0 Å². The summed E-state index contributed by atoms with van der Waals surface area (Å²) >= 11 is 0. The van der Waals surface area contributed by atoms with Crippen molar-refractivity contribution in [3.05, 3.63) is 0 Å². The second-order valence-corrected chi connectivity index (χ2v) is 1.91. The van der Waals surface area contributed by atoms with E-state index in [1.54, 1.807) is 0 Å². The summed E-state index contributed by atoms with van der Waals surface area (Å²) in [5.41, 5.74) is 0. The molecule has 0 amide bonds. The topological polar surface area (TPSA) is 57.5 Å². The molecule has 2 N–H and O–H groups in total. The largest absolute Gasteiger partial charge is 0.450 e. The van der Waals surface area contributed by atoms with Crippen LogP contribution in [0.5, 0.6) is 0 Å². The van der Waals surface area contributed by atoms with Crippen LogP contribution in [0.15, 0.2) is 0 Å². The number of rotatable bonds is 2. The smallest absolute Gasteiger partial charge is 0.354 e. The maximum Gasteiger partial charge on any atom is 0.450 e. The van der Waals surface area contributed by atoms with Gasteiger partial charge in [-0.2, -0.15) is 22.0 Å². The van der Waals surface area contributed by atoms with Gasteiger partial charge in [0.1, 0.15) is 0 Å². The third-order valence-corrected chi connectivity index (χ3v) is 1.01. The van der Waals surface area contributed by atoms with Crippen LogP contribution in [0.1, 0.15) is 0 Å². The molecule has 0 aromatic heterocycles. The lowest BCUT2D eigenvalue weighted by atomic mass is 10.1. The van der Waals surface area contributed by atoms with E-state index in [0.717, 1.165) is 0 Å². The van der Waals surface area contributed by atoms with Crippen LogP contribution in [0.3, 0.4) is 0 Å². The first-order chi connectivity index (χ1) is 5.06. The highest BCUT2D eigenvalue weighted by molar-refractivity contribution is 5.61. The molecule has 0 radical (unpaired) electrons. The van der Waals surface area contributed by atoms with Gasteiger partial charge in [0.05, 0.1) is 0 Å². The number of hydrogen-bond acceptors (Lipinski definition) is 3. The summed E-state index contributed by atoms with van der Waals surface area (Å²) in [6, 6.07) is 0. The Hall–Kier alpha value is -0.760. The molecule has 0 aromatic rings. The van der Waals surface area contributed by atoms with Crippen LogP contribution in [0.25, 0.3) is 0 Å². The maximum atomic E-state index is 11.8. The normalized spacial score (nSPS) is 14.6. The minimum Gasteiger partial charge on any atom is -0.354 e. The van der Waals surface area contributed by atoms with Gasteiger partial charge in [0.25, 0.3) is 0 Å². The van der Waals surface area contributed by atoms with Gasteiger partial charge in [0.2, 0.25) is 0 Å². The summed E-state index contributed by atoms with van der Waals surface area (Å²) < 4.78 is 57.8. The Kier molecular flexibility index (Phi) is 2.46. The van der Waals surface area contributed by atoms with Crippen molar-refractivity contribution < 1.29 is 37.0 Å². The molecule has 0 aliphatic carbocycles. The van der Waals surface area contributed by atoms with Gasteiger partial charge >= 0.3 is 17.9 Å². The van der Waals surface area contributed by atoms with Crippen LogP contribution in [-0.4, -0.2) is 34.4 Å². The third kappa shape index (κ3) is 1.53. The molecule has 0 aromatic carbocycles. The van der Waals surface area contributed by atoms with Crippen molar-refractivity contribution >= 4 is 6.29 Å². The predicted molar refractivity (Wildman–Crippen MR) is 24.2 cm³/mol. The highest BCUT2D eigenvalue weighted by Crippen LogP contribution is 2.38. The van der Waals surface area contributed by atoms with E-state index in [-0.39, 0.29) is 0 Å². The van der Waals surface area contributed by atoms with Gasteiger partial charge in [0.15, 0.2) is 6.29 Å². The van der Waals surface area contributed by atoms with Crippen molar-refractivity contribution in [1.82, 2.24) is 0 Å². The van der Waals surface area contributed by atoms with Gasteiger partial charge in [0, 0.05) is 0 Å². The molecule has 0 heterocycles. The van der Waals surface area contributed by atoms with E-state index < -0.39 is 24.2 Å². The fourth-order valence-electron chi connectivity index (χ4n) is 0.271. The van der Waals surface area contributed by atoms with E-state index in [1.165, 1.54) is 0 Å². The molecule has 0 aliphatic rings. The van der Waals surface area contributed by atoms with Crippen molar-refractivity contribution in [2.45, 2.75) is 17.9 Å². The van der Waals surface area contributed by atoms with Crippen LogP contribution in [0.4, 0.5) is 22.0 Å². The number of aldehydes is 1. The average Bonchev–Trinajstić information content (AvgIpc) is 1.85. The molecule has 0 atom stereocenters. The highest BCUT2D eigenvalue weighted by Gasteiger charge is 2.69. The van der Waals surface area contributed by atoms with Gasteiger partial charge in [-0.1, -0.05) is 0 Å². The van der Waals surface area contributed by atoms with Gasteiger partial charge in [-0.15, -0.1) is 0 Å². The Labute approximate surface area is 62.4 Å². The van der Waals surface area contributed by atoms with Crippen molar-refractivity contribution in [1.29, 1.82) is 0 Å². The molecule has 0 bridgehead atoms. The standard InChI is InChI=1S/C4H3F5O3/c5-2(6,1-10)3(11,12)4(7,8)9/h1,11-12H. The number of hydrogen-bond donors (Lipinski definition) is 2. The van der Waals surface area contributed by atoms with Crippen molar-refractivity contribution in [3.8, 4) is 0 Å². The van der Waals surface area contributed by atoms with Crippen LogP contribution < -0.4 is 0 Å². The molecule has 0 aliphatic heterocycles. The highest BCUT2D eigenvalue weighted by atomic mass is 19.4. The molecule has 72 valence electrons. The zero-order valence-corrected chi connectivity index (χ0v) is 5.27. The molecule has 0 unspecified atom stereocenters. The lowest BCUT2D eigenvalue weighted by molar-refractivity contribution is -0.403. The average molecular weight is 194 g/mol. The molecule has 8 heteroatoms. The Bertz CT molecular complexity index is 184. The summed E-state index contributed by atoms with van der Waals surface area (Å²) in [6.45, 7) is 0. The van der Waals surface area contributed by atoms with Crippen molar-refractivity contribution in [3.63, 3.8) is 0 Å². The summed E-state index contributed by atoms with van der Waals surface area (Å²) in [7, 11) is 0. The second-order valence-electron chi connectivity index (χ2n) is 1.91. The number of aliphatic hydroxyl groups is 2. The fraction of sp³-hybridized carbons (Fsp3) is 0.750. The van der Waals surface area contributed by atoms with Crippen molar-refractivity contribution in [2.75, 3.05) is 0 Å². The zero-order chi connectivity index (χ0) is 10.2. The first kappa shape index (κ1) is 11.2. The Morgan fingerprint density at radius 3 is 1.42 bits per heavy atom. The molecule has 0 fully saturated rings. The Balaban J connectivity index is 4.97. The second kappa shape index (κ2) is 2.63. The zero-order valence-electron chi connectivity index (χ0n) is 5.27. The number of carbonyl (C=O) groups excluding carboxylic acids is 1. The lowest BCUT2D eigenvalue weighted by Gasteiger charge is -2.28. The maximum absolute atomic E-state index is 11.8. The predicted octanol–water partition coefficient (Wildman–Crippen LogP) is 0.0638. The van der Waals surface area contributed by atoms with Crippen LogP contribution in [-0.2, 0) is 4.79 Å². The molecular weight excluding hydrogens is 191 g/mol. The van der Waals surface area contributed by atoms with Gasteiger partial charge < -0.3 is 10.2 Å². The molecule has 12 heavy (non-hydrogen) atoms. The number of halogens is 5. The Morgan fingerprint density at radius 2 is 1.33 bits per heavy atom. The lowest BCUT2D eigenvalue weighted by Crippen LogP contribution is -2.59. The summed E-state index contributed by atoms with van der Waals surface area (Å²) in [5.74, 6) is -10.6. The van der Waals surface area contributed by atoms with Crippen molar-refractivity contribution in [2.24, 2.45) is 0 Å². The number of carbonyl (C=O) groups is 1. The van der Waals surface area contributed by atoms with E-state index in [9.17, 15) is 26.7 Å². The van der Waals surface area contributed by atoms with E-state index in [1.807, 2.05) is 0 Å². The SMILES string of the molecule is O=CC(F)(F)C(O)(O)C(F)(F)F. The molecular formula is C4H3F5O3. The summed E-state index contributed by atoms with van der Waals surface area (Å²) in [6.07, 6.45) is -7.47. The quantitative estimate of drug-likeness (QED) is 0.371. The molecule has 3 nitrogen and oxygen atoms in total. The molecule has 0 rings (SSSR count). The van der Waals surface area contributed by atoms with Crippen LogP contribution in [0.2, 0.25) is 0 Å². The van der Waals surface area contributed by atoms with Crippen LogP contribution in [0, 0.1) is 0 Å². The van der Waals surface area contributed by atoms with Gasteiger partial charge in [-0.3, -0.25) is 4.79 Å². The van der Waals surface area contributed by atoms with E-state index in [4.69, 9.17) is 10.2 Å². The van der Waals surface area contributed by atoms with Crippen LogP contribution >= 0.6 is 0 Å². The van der Waals surface area contributed by atoms with Gasteiger partial charge in [-0.05, 0) is 0 Å². The van der Waals surface area contributed by atoms with Gasteiger partial charge in [-0.25, -0.2) is 0 Å². The van der Waals surface area contributed by atoms with E-state index in [2.05, 4.69) is 0 Å². The fourth-order valence-corrected chi connectivity index (χ4v) is 0.271. The molecule has 0 spiro atoms.